The summed E-state index contributed by atoms with van der Waals surface area (Å²) in [5.74, 6) is 0.411. The van der Waals surface area contributed by atoms with E-state index >= 15 is 0 Å². The SMILES string of the molecule is COc1ccc(CN(C(=O)C2CN(C(=O)OC(C)(C)C)C2)c2cccnc2Br)cc1. The molecular formula is C22H26BrN3O4. The highest BCUT2D eigenvalue weighted by molar-refractivity contribution is 9.10. The highest BCUT2D eigenvalue weighted by Crippen LogP contribution is 2.30. The van der Waals surface area contributed by atoms with Crippen LogP contribution in [0.4, 0.5) is 10.5 Å². The van der Waals surface area contributed by atoms with Crippen molar-refractivity contribution in [1.29, 1.82) is 0 Å². The fraction of sp³-hybridized carbons (Fsp3) is 0.409. The molecule has 2 aromatic rings. The van der Waals surface area contributed by atoms with E-state index in [0.29, 0.717) is 29.9 Å². The molecule has 2 amide bonds. The minimum atomic E-state index is -0.562. The minimum absolute atomic E-state index is 0.0562. The second kappa shape index (κ2) is 9.04. The monoisotopic (exact) mass is 475 g/mol. The zero-order valence-corrected chi connectivity index (χ0v) is 19.2. The van der Waals surface area contributed by atoms with Crippen LogP contribution in [0.3, 0.4) is 0 Å². The van der Waals surface area contributed by atoms with Crippen molar-refractivity contribution in [3.8, 4) is 5.75 Å². The average molecular weight is 476 g/mol. The van der Waals surface area contributed by atoms with E-state index in [4.69, 9.17) is 9.47 Å². The Bertz CT molecular complexity index is 905. The molecule has 0 aliphatic carbocycles. The van der Waals surface area contributed by atoms with E-state index in [2.05, 4.69) is 20.9 Å². The van der Waals surface area contributed by atoms with Crippen LogP contribution in [0.2, 0.25) is 0 Å². The van der Waals surface area contributed by atoms with Gasteiger partial charge in [0.1, 0.15) is 16.0 Å². The van der Waals surface area contributed by atoms with Gasteiger partial charge in [-0.05, 0) is 66.5 Å². The van der Waals surface area contributed by atoms with E-state index in [1.165, 1.54) is 0 Å². The van der Waals surface area contributed by atoms with Gasteiger partial charge in [0.2, 0.25) is 5.91 Å². The highest BCUT2D eigenvalue weighted by atomic mass is 79.9. The first kappa shape index (κ1) is 22.1. The molecule has 3 rings (SSSR count). The van der Waals surface area contributed by atoms with E-state index in [9.17, 15) is 9.59 Å². The number of aromatic nitrogens is 1. The molecule has 0 N–H and O–H groups in total. The van der Waals surface area contributed by atoms with Crippen molar-refractivity contribution < 1.29 is 19.1 Å². The summed E-state index contributed by atoms with van der Waals surface area (Å²) in [4.78, 5) is 33.1. The van der Waals surface area contributed by atoms with Gasteiger partial charge >= 0.3 is 6.09 Å². The quantitative estimate of drug-likeness (QED) is 0.604. The van der Waals surface area contributed by atoms with Gasteiger partial charge in [-0.1, -0.05) is 12.1 Å². The summed E-state index contributed by atoms with van der Waals surface area (Å²) in [5.41, 5.74) is 1.09. The molecule has 0 saturated carbocycles. The van der Waals surface area contributed by atoms with Crippen molar-refractivity contribution in [2.45, 2.75) is 32.9 Å². The van der Waals surface area contributed by atoms with Crippen molar-refractivity contribution in [3.63, 3.8) is 0 Å². The third-order valence-corrected chi connectivity index (χ3v) is 5.29. The molecular weight excluding hydrogens is 450 g/mol. The first-order valence-corrected chi connectivity index (χ1v) is 10.5. The maximum Gasteiger partial charge on any atom is 0.410 e. The van der Waals surface area contributed by atoms with Gasteiger partial charge in [0, 0.05) is 19.3 Å². The van der Waals surface area contributed by atoms with E-state index in [1.54, 1.807) is 29.2 Å². The second-order valence-corrected chi connectivity index (χ2v) is 8.92. The largest absolute Gasteiger partial charge is 0.497 e. The third-order valence-electron chi connectivity index (χ3n) is 4.68. The Morgan fingerprint density at radius 1 is 1.20 bits per heavy atom. The van der Waals surface area contributed by atoms with Gasteiger partial charge in [-0.15, -0.1) is 0 Å². The lowest BCUT2D eigenvalue weighted by Gasteiger charge is -2.41. The number of carbonyl (C=O) groups excluding carboxylic acids is 2. The average Bonchev–Trinajstić information content (AvgIpc) is 2.64. The Hall–Kier alpha value is -2.61. The predicted octanol–water partition coefficient (Wildman–Crippen LogP) is 4.25. The molecule has 7 nitrogen and oxygen atoms in total. The molecule has 30 heavy (non-hydrogen) atoms. The topological polar surface area (TPSA) is 72.0 Å². The molecule has 0 bridgehead atoms. The number of halogens is 1. The molecule has 0 unspecified atom stereocenters. The summed E-state index contributed by atoms with van der Waals surface area (Å²) in [6.45, 7) is 6.53. The lowest BCUT2D eigenvalue weighted by molar-refractivity contribution is -0.127. The van der Waals surface area contributed by atoms with Gasteiger partial charge in [0.05, 0.1) is 25.3 Å². The molecule has 2 heterocycles. The van der Waals surface area contributed by atoms with Gasteiger partial charge in [0.25, 0.3) is 0 Å². The second-order valence-electron chi connectivity index (χ2n) is 8.17. The Morgan fingerprint density at radius 3 is 2.43 bits per heavy atom. The summed E-state index contributed by atoms with van der Waals surface area (Å²) in [6, 6.07) is 11.2. The van der Waals surface area contributed by atoms with Gasteiger partial charge in [-0.2, -0.15) is 0 Å². The number of carbonyl (C=O) groups is 2. The van der Waals surface area contributed by atoms with Crippen LogP contribution in [0.1, 0.15) is 26.3 Å². The maximum absolute atomic E-state index is 13.3. The number of anilines is 1. The van der Waals surface area contributed by atoms with Crippen LogP contribution in [0.15, 0.2) is 47.2 Å². The number of ether oxygens (including phenoxy) is 2. The van der Waals surface area contributed by atoms with Crippen LogP contribution in [-0.4, -0.2) is 47.7 Å². The molecule has 0 spiro atoms. The predicted molar refractivity (Wildman–Crippen MR) is 117 cm³/mol. The van der Waals surface area contributed by atoms with Gasteiger partial charge < -0.3 is 19.3 Å². The third kappa shape index (κ3) is 5.30. The first-order chi connectivity index (χ1) is 14.2. The lowest BCUT2D eigenvalue weighted by atomic mass is 9.98. The van der Waals surface area contributed by atoms with Crippen molar-refractivity contribution in [2.75, 3.05) is 25.1 Å². The zero-order valence-electron chi connectivity index (χ0n) is 17.6. The van der Waals surface area contributed by atoms with Crippen LogP contribution in [0.5, 0.6) is 5.75 Å². The first-order valence-electron chi connectivity index (χ1n) is 9.70. The smallest absolute Gasteiger partial charge is 0.410 e. The Morgan fingerprint density at radius 2 is 1.87 bits per heavy atom. The van der Waals surface area contributed by atoms with Gasteiger partial charge in [0.15, 0.2) is 0 Å². The summed E-state index contributed by atoms with van der Waals surface area (Å²) in [7, 11) is 1.62. The number of nitrogens with zero attached hydrogens (tertiary/aromatic N) is 3. The fourth-order valence-corrected chi connectivity index (χ4v) is 3.57. The van der Waals surface area contributed by atoms with Crippen LogP contribution in [0, 0.1) is 5.92 Å². The number of hydrogen-bond acceptors (Lipinski definition) is 5. The molecule has 1 fully saturated rings. The summed E-state index contributed by atoms with van der Waals surface area (Å²) >= 11 is 3.45. The van der Waals surface area contributed by atoms with Crippen LogP contribution in [-0.2, 0) is 16.1 Å². The van der Waals surface area contributed by atoms with Crippen molar-refractivity contribution >= 4 is 33.6 Å². The molecule has 160 valence electrons. The number of benzene rings is 1. The van der Waals surface area contributed by atoms with Crippen LogP contribution in [0.25, 0.3) is 0 Å². The number of pyridine rings is 1. The Labute approximate surface area is 185 Å². The molecule has 1 saturated heterocycles. The molecule has 1 aliphatic heterocycles. The van der Waals surface area contributed by atoms with Gasteiger partial charge in [-0.3, -0.25) is 4.79 Å². The Balaban J connectivity index is 1.75. The van der Waals surface area contributed by atoms with E-state index in [1.807, 2.05) is 51.1 Å². The van der Waals surface area contributed by atoms with E-state index in [-0.39, 0.29) is 11.8 Å². The fourth-order valence-electron chi connectivity index (χ4n) is 3.10. The number of hydrogen-bond donors (Lipinski definition) is 0. The standard InChI is InChI=1S/C22H26BrN3O4/c1-22(2,3)30-21(28)25-13-16(14-25)20(27)26(18-6-5-11-24-19(18)23)12-15-7-9-17(29-4)10-8-15/h5-11,16H,12-14H2,1-4H3. The molecule has 1 aliphatic rings. The van der Waals surface area contributed by atoms with Crippen LogP contribution >= 0.6 is 15.9 Å². The van der Waals surface area contributed by atoms with Crippen molar-refractivity contribution in [2.24, 2.45) is 5.92 Å². The summed E-state index contributed by atoms with van der Waals surface area (Å²) in [5, 5.41) is 0. The van der Waals surface area contributed by atoms with Crippen molar-refractivity contribution in [3.05, 3.63) is 52.8 Å². The molecule has 0 radical (unpaired) electrons. The molecule has 1 aromatic heterocycles. The number of amides is 2. The lowest BCUT2D eigenvalue weighted by Crippen LogP contribution is -2.57. The zero-order chi connectivity index (χ0) is 21.9. The minimum Gasteiger partial charge on any atom is -0.497 e. The summed E-state index contributed by atoms with van der Waals surface area (Å²) < 4.78 is 11.2. The van der Waals surface area contributed by atoms with E-state index in [0.717, 1.165) is 11.3 Å². The van der Waals surface area contributed by atoms with Crippen LogP contribution < -0.4 is 9.64 Å². The molecule has 0 atom stereocenters. The van der Waals surface area contributed by atoms with E-state index < -0.39 is 11.7 Å². The summed E-state index contributed by atoms with van der Waals surface area (Å²) in [6.07, 6.45) is 1.27. The number of methoxy groups -OCH3 is 1. The number of rotatable bonds is 5. The highest BCUT2D eigenvalue weighted by Gasteiger charge is 2.40. The van der Waals surface area contributed by atoms with Crippen molar-refractivity contribution in [1.82, 2.24) is 9.88 Å². The molecule has 1 aromatic carbocycles. The normalized spacial score (nSPS) is 14.1. The Kier molecular flexibility index (Phi) is 6.65. The number of likely N-dealkylation sites (tertiary alicyclic amines) is 1. The molecule has 8 heteroatoms. The van der Waals surface area contributed by atoms with Gasteiger partial charge in [-0.25, -0.2) is 9.78 Å². The maximum atomic E-state index is 13.3.